The number of nitrogens with zero attached hydrogens (tertiary/aromatic N) is 5. The number of hydrogen-bond acceptors (Lipinski definition) is 7. The Bertz CT molecular complexity index is 1370. The number of nitrogen functional groups attached to an aromatic ring is 1. The summed E-state index contributed by atoms with van der Waals surface area (Å²) in [6.45, 7) is 0.970. The maximum atomic E-state index is 13.7. The lowest BCUT2D eigenvalue weighted by molar-refractivity contribution is -0.136. The fourth-order valence-corrected chi connectivity index (χ4v) is 5.36. The minimum Gasteiger partial charge on any atom is -0.480 e. The van der Waals surface area contributed by atoms with Crippen molar-refractivity contribution in [1.82, 2.24) is 29.8 Å². The van der Waals surface area contributed by atoms with Gasteiger partial charge in [-0.15, -0.1) is 0 Å². The Balaban J connectivity index is 1.39. The number of anilines is 1. The van der Waals surface area contributed by atoms with Crippen LogP contribution in [0.25, 0.3) is 16.8 Å². The number of rotatable bonds is 5. The van der Waals surface area contributed by atoms with E-state index >= 15 is 0 Å². The van der Waals surface area contributed by atoms with Gasteiger partial charge in [0.05, 0.1) is 18.4 Å². The van der Waals surface area contributed by atoms with Gasteiger partial charge in [0.2, 0.25) is 11.8 Å². The number of alkyl halides is 3. The van der Waals surface area contributed by atoms with Gasteiger partial charge in [0.15, 0.2) is 5.82 Å². The van der Waals surface area contributed by atoms with Gasteiger partial charge in [-0.3, -0.25) is 9.59 Å². The van der Waals surface area contributed by atoms with E-state index in [1.54, 1.807) is 0 Å². The fourth-order valence-electron chi connectivity index (χ4n) is 5.36. The first-order valence-corrected chi connectivity index (χ1v) is 12.5. The molecule has 1 atom stereocenters. The third-order valence-corrected chi connectivity index (χ3v) is 7.26. The van der Waals surface area contributed by atoms with E-state index in [1.807, 2.05) is 4.90 Å². The van der Waals surface area contributed by atoms with Gasteiger partial charge in [-0.2, -0.15) is 18.3 Å². The molecule has 4 heterocycles. The number of carbonyl (C=O) groups excluding carboxylic acids is 2. The second kappa shape index (κ2) is 10.1. The van der Waals surface area contributed by atoms with Crippen molar-refractivity contribution in [2.45, 2.75) is 50.7 Å². The number of hydrogen-bond donors (Lipinski definition) is 2. The van der Waals surface area contributed by atoms with Gasteiger partial charge in [-0.1, -0.05) is 19.3 Å². The molecule has 1 aliphatic heterocycles. The molecule has 5 rings (SSSR count). The Morgan fingerprint density at radius 3 is 2.61 bits per heavy atom. The van der Waals surface area contributed by atoms with Crippen LogP contribution in [0.2, 0.25) is 0 Å². The minimum atomic E-state index is -4.70. The van der Waals surface area contributed by atoms with E-state index in [4.69, 9.17) is 10.5 Å². The van der Waals surface area contributed by atoms with Crippen LogP contribution in [-0.2, 0) is 11.0 Å². The average molecular weight is 532 g/mol. The average Bonchev–Trinajstić information content (AvgIpc) is 3.54. The molecular formula is C25H28F3N7O3. The second-order valence-corrected chi connectivity index (χ2v) is 9.71. The molecular weight excluding hydrogens is 503 g/mol. The molecule has 13 heteroatoms. The molecule has 3 N–H and O–H groups in total. The first-order chi connectivity index (χ1) is 18.2. The van der Waals surface area contributed by atoms with Gasteiger partial charge in [0.1, 0.15) is 17.4 Å². The number of amides is 2. The molecule has 0 bridgehead atoms. The van der Waals surface area contributed by atoms with Crippen LogP contribution in [0.15, 0.2) is 24.7 Å². The first kappa shape index (κ1) is 25.7. The molecule has 2 amide bonds. The van der Waals surface area contributed by atoms with E-state index in [9.17, 15) is 22.8 Å². The Kier molecular flexibility index (Phi) is 6.84. The number of methoxy groups -OCH3 is 1. The van der Waals surface area contributed by atoms with Crippen LogP contribution in [0.5, 0.6) is 5.88 Å². The Hall–Kier alpha value is -3.90. The number of pyridine rings is 1. The molecule has 1 aliphatic carbocycles. The Morgan fingerprint density at radius 2 is 1.89 bits per heavy atom. The lowest BCUT2D eigenvalue weighted by Gasteiger charge is -2.26. The summed E-state index contributed by atoms with van der Waals surface area (Å²) in [5.41, 5.74) is 4.65. The summed E-state index contributed by atoms with van der Waals surface area (Å²) in [6, 6.07) is 2.04. The zero-order valence-corrected chi connectivity index (χ0v) is 20.8. The number of ether oxygens (including phenoxy) is 1. The largest absolute Gasteiger partial charge is 0.480 e. The summed E-state index contributed by atoms with van der Waals surface area (Å²) >= 11 is 0. The van der Waals surface area contributed by atoms with Gasteiger partial charge < -0.3 is 20.7 Å². The summed E-state index contributed by atoms with van der Waals surface area (Å²) in [5, 5.41) is 6.87. The van der Waals surface area contributed by atoms with Crippen molar-refractivity contribution in [3.8, 4) is 17.1 Å². The van der Waals surface area contributed by atoms with Crippen LogP contribution in [0, 0.1) is 5.92 Å². The molecule has 3 aromatic rings. The molecule has 1 saturated heterocycles. The molecule has 38 heavy (non-hydrogen) atoms. The van der Waals surface area contributed by atoms with Crippen LogP contribution < -0.4 is 15.8 Å². The summed E-state index contributed by atoms with van der Waals surface area (Å²) in [7, 11) is 1.35. The van der Waals surface area contributed by atoms with Crippen molar-refractivity contribution in [3.05, 3.63) is 35.8 Å². The minimum absolute atomic E-state index is 0.0189. The monoisotopic (exact) mass is 531 g/mol. The smallest absolute Gasteiger partial charge is 0.418 e. The summed E-state index contributed by atoms with van der Waals surface area (Å²) in [5.74, 6) is -0.615. The zero-order valence-electron chi connectivity index (χ0n) is 20.8. The predicted octanol–water partition coefficient (Wildman–Crippen LogP) is 3.31. The maximum Gasteiger partial charge on any atom is 0.418 e. The molecule has 0 spiro atoms. The molecule has 3 aromatic heterocycles. The molecule has 10 nitrogen and oxygen atoms in total. The van der Waals surface area contributed by atoms with Gasteiger partial charge in [-0.05, 0) is 31.4 Å². The molecule has 2 fully saturated rings. The van der Waals surface area contributed by atoms with Crippen molar-refractivity contribution in [3.63, 3.8) is 0 Å². The van der Waals surface area contributed by atoms with E-state index in [0.29, 0.717) is 19.5 Å². The molecule has 2 aliphatic rings. The number of fused-ring (bicyclic) bond motifs is 1. The van der Waals surface area contributed by atoms with E-state index in [0.717, 1.165) is 49.0 Å². The van der Waals surface area contributed by atoms with E-state index in [1.165, 1.54) is 19.4 Å². The summed E-state index contributed by atoms with van der Waals surface area (Å²) < 4.78 is 47.5. The Morgan fingerprint density at radius 1 is 1.13 bits per heavy atom. The number of aromatic nitrogens is 4. The topological polar surface area (TPSA) is 128 Å². The lowest BCUT2D eigenvalue weighted by Crippen LogP contribution is -2.40. The third kappa shape index (κ3) is 4.84. The third-order valence-electron chi connectivity index (χ3n) is 7.26. The Labute approximate surface area is 216 Å². The van der Waals surface area contributed by atoms with Gasteiger partial charge in [0.25, 0.3) is 5.91 Å². The number of halogens is 3. The van der Waals surface area contributed by atoms with Crippen molar-refractivity contribution < 1.29 is 27.5 Å². The lowest BCUT2D eigenvalue weighted by atomic mass is 9.88. The molecule has 0 unspecified atom stereocenters. The highest BCUT2D eigenvalue weighted by molar-refractivity contribution is 5.98. The standard InChI is InChI=1S/C25H28F3N7O3/c1-38-23-17(22(36)33-16-7-8-34(12-16)24(37)14-5-3-2-4-6-14)9-15(11-30-23)19-10-18(25(26,27)28)20-21(29)31-13-32-35(19)20/h9-11,13-14,16H,2-8,12H2,1H3,(H,33,36)(H2,29,31,32)/t16-/m0/s1. The number of nitrogens with two attached hydrogens (primary N) is 1. The number of carbonyl (C=O) groups is 2. The summed E-state index contributed by atoms with van der Waals surface area (Å²) in [6.07, 6.45) is 3.36. The predicted molar refractivity (Wildman–Crippen MR) is 131 cm³/mol. The van der Waals surface area contributed by atoms with Crippen LogP contribution >= 0.6 is 0 Å². The van der Waals surface area contributed by atoms with Crippen LogP contribution in [-0.4, -0.2) is 62.5 Å². The van der Waals surface area contributed by atoms with Crippen molar-refractivity contribution >= 4 is 23.1 Å². The zero-order chi connectivity index (χ0) is 27.0. The molecule has 1 saturated carbocycles. The quantitative estimate of drug-likeness (QED) is 0.517. The van der Waals surface area contributed by atoms with Gasteiger partial charge >= 0.3 is 6.18 Å². The van der Waals surface area contributed by atoms with Crippen molar-refractivity contribution in [1.29, 1.82) is 0 Å². The van der Waals surface area contributed by atoms with Crippen LogP contribution in [0.1, 0.15) is 54.4 Å². The number of nitrogens with one attached hydrogen (secondary N) is 1. The van der Waals surface area contributed by atoms with Gasteiger partial charge in [0, 0.05) is 36.8 Å². The van der Waals surface area contributed by atoms with Crippen LogP contribution in [0.4, 0.5) is 19.0 Å². The highest BCUT2D eigenvalue weighted by Gasteiger charge is 2.37. The summed E-state index contributed by atoms with van der Waals surface area (Å²) in [4.78, 5) is 35.8. The van der Waals surface area contributed by atoms with E-state index in [2.05, 4.69) is 20.4 Å². The van der Waals surface area contributed by atoms with Crippen molar-refractivity contribution in [2.24, 2.45) is 5.92 Å². The first-order valence-electron chi connectivity index (χ1n) is 12.5. The maximum absolute atomic E-state index is 13.7. The number of likely N-dealkylation sites (tertiary alicyclic amines) is 1. The SMILES string of the molecule is COc1ncc(-c2cc(C(F)(F)F)c3c(N)ncnn23)cc1C(=O)N[C@H]1CCN(C(=O)C2CCCCC2)C1. The molecule has 0 radical (unpaired) electrons. The molecule has 0 aromatic carbocycles. The van der Waals surface area contributed by atoms with Gasteiger partial charge in [-0.25, -0.2) is 14.5 Å². The highest BCUT2D eigenvalue weighted by atomic mass is 19.4. The van der Waals surface area contributed by atoms with Crippen LogP contribution in [0.3, 0.4) is 0 Å². The normalized spacial score (nSPS) is 18.6. The second-order valence-electron chi connectivity index (χ2n) is 9.71. The fraction of sp³-hybridized carbons (Fsp3) is 0.480. The molecule has 202 valence electrons. The highest BCUT2D eigenvalue weighted by Crippen LogP contribution is 2.39. The van der Waals surface area contributed by atoms with Crippen molar-refractivity contribution in [2.75, 3.05) is 25.9 Å². The van der Waals surface area contributed by atoms with E-state index in [-0.39, 0.29) is 51.9 Å². The van der Waals surface area contributed by atoms with E-state index < -0.39 is 17.6 Å².